The fraction of sp³-hybridized carbons (Fsp3) is 0.0909. The lowest BCUT2D eigenvalue weighted by Gasteiger charge is -2.15. The van der Waals surface area contributed by atoms with E-state index in [1.54, 1.807) is 0 Å². The summed E-state index contributed by atoms with van der Waals surface area (Å²) in [6, 6.07) is 7.93. The van der Waals surface area contributed by atoms with Crippen molar-refractivity contribution in [2.24, 2.45) is 0 Å². The molecule has 0 saturated heterocycles. The Hall–Kier alpha value is -1.70. The smallest absolute Gasteiger partial charge is 0.168 e. The van der Waals surface area contributed by atoms with Crippen LogP contribution in [0.4, 0.5) is 0 Å². The van der Waals surface area contributed by atoms with Gasteiger partial charge in [0.25, 0.3) is 0 Å². The predicted octanol–water partition coefficient (Wildman–Crippen LogP) is 2.33. The van der Waals surface area contributed by atoms with Gasteiger partial charge in [0.15, 0.2) is 11.5 Å². The SMILES string of the molecule is C1=C2OCC=C2Oc2ccccc21. The summed E-state index contributed by atoms with van der Waals surface area (Å²) in [5.41, 5.74) is 1.08. The highest BCUT2D eigenvalue weighted by Crippen LogP contribution is 2.33. The van der Waals surface area contributed by atoms with E-state index >= 15 is 0 Å². The molecular formula is C11H8O2. The zero-order chi connectivity index (χ0) is 8.67. The van der Waals surface area contributed by atoms with Crippen LogP contribution in [0, 0.1) is 0 Å². The molecule has 2 heterocycles. The zero-order valence-corrected chi connectivity index (χ0v) is 6.99. The molecule has 3 rings (SSSR count). The molecule has 0 saturated carbocycles. The second-order valence-electron chi connectivity index (χ2n) is 3.03. The first kappa shape index (κ1) is 6.78. The lowest BCUT2D eigenvalue weighted by atomic mass is 10.1. The highest BCUT2D eigenvalue weighted by molar-refractivity contribution is 5.65. The number of hydrogen-bond acceptors (Lipinski definition) is 2. The normalized spacial score (nSPS) is 17.5. The quantitative estimate of drug-likeness (QED) is 0.598. The van der Waals surface area contributed by atoms with Gasteiger partial charge in [-0.1, -0.05) is 18.2 Å². The van der Waals surface area contributed by atoms with Gasteiger partial charge >= 0.3 is 0 Å². The van der Waals surface area contributed by atoms with Gasteiger partial charge in [-0.15, -0.1) is 0 Å². The minimum absolute atomic E-state index is 0.620. The topological polar surface area (TPSA) is 18.5 Å². The van der Waals surface area contributed by atoms with Crippen LogP contribution in [0.15, 0.2) is 41.9 Å². The third kappa shape index (κ3) is 0.952. The first-order valence-corrected chi connectivity index (χ1v) is 4.25. The summed E-state index contributed by atoms with van der Waals surface area (Å²) in [6.07, 6.45) is 3.96. The average molecular weight is 172 g/mol. The number of rotatable bonds is 0. The maximum absolute atomic E-state index is 5.62. The van der Waals surface area contributed by atoms with Crippen molar-refractivity contribution in [2.45, 2.75) is 0 Å². The summed E-state index contributed by atoms with van der Waals surface area (Å²) in [5.74, 6) is 2.60. The van der Waals surface area contributed by atoms with Gasteiger partial charge in [-0.25, -0.2) is 0 Å². The van der Waals surface area contributed by atoms with Gasteiger partial charge in [-0.05, 0) is 18.2 Å². The number of para-hydroxylation sites is 1. The maximum Gasteiger partial charge on any atom is 0.168 e. The maximum atomic E-state index is 5.62. The van der Waals surface area contributed by atoms with Crippen molar-refractivity contribution >= 4 is 6.08 Å². The fourth-order valence-electron chi connectivity index (χ4n) is 1.54. The molecule has 0 bridgehead atoms. The van der Waals surface area contributed by atoms with E-state index in [1.165, 1.54) is 0 Å². The van der Waals surface area contributed by atoms with Gasteiger partial charge in [0, 0.05) is 5.56 Å². The molecule has 2 aliphatic heterocycles. The summed E-state index contributed by atoms with van der Waals surface area (Å²) in [7, 11) is 0. The molecule has 0 spiro atoms. The molecule has 0 radical (unpaired) electrons. The molecule has 1 aromatic carbocycles. The molecule has 2 nitrogen and oxygen atoms in total. The molecule has 64 valence electrons. The van der Waals surface area contributed by atoms with E-state index in [2.05, 4.69) is 0 Å². The van der Waals surface area contributed by atoms with Crippen LogP contribution in [-0.2, 0) is 4.74 Å². The van der Waals surface area contributed by atoms with Crippen molar-refractivity contribution in [3.63, 3.8) is 0 Å². The Balaban J connectivity index is 2.18. The van der Waals surface area contributed by atoms with Crippen LogP contribution in [0.3, 0.4) is 0 Å². The Morgan fingerprint density at radius 1 is 1.08 bits per heavy atom. The molecule has 0 unspecified atom stereocenters. The third-order valence-corrected chi connectivity index (χ3v) is 2.18. The van der Waals surface area contributed by atoms with Gasteiger partial charge in [0.2, 0.25) is 0 Å². The fourth-order valence-corrected chi connectivity index (χ4v) is 1.54. The number of hydrogen-bond donors (Lipinski definition) is 0. The molecule has 2 aliphatic rings. The lowest BCUT2D eigenvalue weighted by molar-refractivity contribution is 0.259. The summed E-state index contributed by atoms with van der Waals surface area (Å²) in [4.78, 5) is 0. The first-order valence-electron chi connectivity index (χ1n) is 4.25. The molecule has 0 aromatic heterocycles. The predicted molar refractivity (Wildman–Crippen MR) is 49.1 cm³/mol. The van der Waals surface area contributed by atoms with Gasteiger partial charge < -0.3 is 9.47 Å². The monoisotopic (exact) mass is 172 g/mol. The highest BCUT2D eigenvalue weighted by Gasteiger charge is 2.21. The lowest BCUT2D eigenvalue weighted by Crippen LogP contribution is -2.02. The van der Waals surface area contributed by atoms with Crippen LogP contribution in [-0.4, -0.2) is 6.61 Å². The zero-order valence-electron chi connectivity index (χ0n) is 6.99. The van der Waals surface area contributed by atoms with E-state index in [4.69, 9.17) is 9.47 Å². The van der Waals surface area contributed by atoms with Crippen molar-refractivity contribution in [3.05, 3.63) is 47.4 Å². The highest BCUT2D eigenvalue weighted by atomic mass is 16.5. The van der Waals surface area contributed by atoms with E-state index in [-0.39, 0.29) is 0 Å². The summed E-state index contributed by atoms with van der Waals surface area (Å²) >= 11 is 0. The van der Waals surface area contributed by atoms with Crippen LogP contribution in [0.2, 0.25) is 0 Å². The van der Waals surface area contributed by atoms with Crippen molar-refractivity contribution < 1.29 is 9.47 Å². The molecule has 0 fully saturated rings. The number of fused-ring (bicyclic) bond motifs is 2. The molecule has 0 N–H and O–H groups in total. The molecule has 0 aliphatic carbocycles. The van der Waals surface area contributed by atoms with E-state index in [9.17, 15) is 0 Å². The first-order chi connectivity index (χ1) is 6.43. The minimum atomic E-state index is 0.620. The standard InChI is InChI=1S/C11H8O2/c1-2-4-9-8(3-1)7-11-10(13-9)5-6-12-11/h1-5,7H,6H2. The third-order valence-electron chi connectivity index (χ3n) is 2.18. The van der Waals surface area contributed by atoms with Crippen molar-refractivity contribution in [1.82, 2.24) is 0 Å². The van der Waals surface area contributed by atoms with E-state index in [0.29, 0.717) is 6.61 Å². The molecular weight excluding hydrogens is 164 g/mol. The molecule has 0 atom stereocenters. The van der Waals surface area contributed by atoms with Gasteiger partial charge in [0.1, 0.15) is 12.4 Å². The Morgan fingerprint density at radius 3 is 3.00 bits per heavy atom. The molecule has 13 heavy (non-hydrogen) atoms. The van der Waals surface area contributed by atoms with Crippen molar-refractivity contribution in [2.75, 3.05) is 6.61 Å². The van der Waals surface area contributed by atoms with Gasteiger partial charge in [-0.2, -0.15) is 0 Å². The van der Waals surface area contributed by atoms with Crippen LogP contribution in [0.25, 0.3) is 6.08 Å². The van der Waals surface area contributed by atoms with Gasteiger partial charge in [0.05, 0.1) is 0 Å². The Labute approximate surface area is 76.1 Å². The van der Waals surface area contributed by atoms with Crippen LogP contribution in [0.5, 0.6) is 5.75 Å². The molecule has 0 amide bonds. The van der Waals surface area contributed by atoms with Crippen LogP contribution >= 0.6 is 0 Å². The van der Waals surface area contributed by atoms with Crippen molar-refractivity contribution in [1.29, 1.82) is 0 Å². The van der Waals surface area contributed by atoms with Gasteiger partial charge in [-0.3, -0.25) is 0 Å². The second-order valence-corrected chi connectivity index (χ2v) is 3.03. The Morgan fingerprint density at radius 2 is 2.00 bits per heavy atom. The minimum Gasteiger partial charge on any atom is -0.485 e. The van der Waals surface area contributed by atoms with E-state index in [1.807, 2.05) is 36.4 Å². The number of benzene rings is 1. The van der Waals surface area contributed by atoms with E-state index < -0.39 is 0 Å². The van der Waals surface area contributed by atoms with Crippen LogP contribution in [0.1, 0.15) is 5.56 Å². The summed E-state index contributed by atoms with van der Waals surface area (Å²) < 4.78 is 11.0. The molecule has 2 heteroatoms. The molecule has 1 aromatic rings. The van der Waals surface area contributed by atoms with E-state index in [0.717, 1.165) is 22.8 Å². The average Bonchev–Trinajstić information content (AvgIpc) is 2.61. The largest absolute Gasteiger partial charge is 0.485 e. The second kappa shape index (κ2) is 2.39. The Bertz CT molecular complexity index is 416. The number of ether oxygens (including phenoxy) is 2. The Kier molecular flexibility index (Phi) is 1.25. The van der Waals surface area contributed by atoms with Crippen molar-refractivity contribution in [3.8, 4) is 5.75 Å². The van der Waals surface area contributed by atoms with Crippen LogP contribution < -0.4 is 4.74 Å². The summed E-state index contributed by atoms with van der Waals surface area (Å²) in [5, 5.41) is 0. The summed E-state index contributed by atoms with van der Waals surface area (Å²) in [6.45, 7) is 0.620.